The highest BCUT2D eigenvalue weighted by molar-refractivity contribution is 14.1. The van der Waals surface area contributed by atoms with E-state index in [4.69, 9.17) is 5.11 Å². The zero-order chi connectivity index (χ0) is 13.4. The Balaban J connectivity index is 2.56. The largest absolute Gasteiger partial charge is 0.478 e. The highest BCUT2D eigenvalue weighted by Gasteiger charge is 2.39. The molecule has 2 N–H and O–H groups in total. The number of hydrogen-bond donors (Lipinski definition) is 2. The first-order valence-electron chi connectivity index (χ1n) is 4.99. The first kappa shape index (κ1) is 13.0. The Labute approximate surface area is 115 Å². The van der Waals surface area contributed by atoms with Gasteiger partial charge in [0.1, 0.15) is 6.10 Å². The molecule has 1 unspecified atom stereocenters. The van der Waals surface area contributed by atoms with Crippen molar-refractivity contribution in [3.05, 3.63) is 27.3 Å². The summed E-state index contributed by atoms with van der Waals surface area (Å²) >= 11 is 1.95. The van der Waals surface area contributed by atoms with Gasteiger partial charge in [0.15, 0.2) is 0 Å². The van der Waals surface area contributed by atoms with E-state index in [0.717, 1.165) is 4.90 Å². The lowest BCUT2D eigenvalue weighted by Crippen LogP contribution is -2.33. The van der Waals surface area contributed by atoms with Crippen molar-refractivity contribution in [2.75, 3.05) is 4.90 Å². The van der Waals surface area contributed by atoms with Crippen LogP contribution in [0.1, 0.15) is 16.8 Å². The molecule has 0 radical (unpaired) electrons. The minimum Gasteiger partial charge on any atom is -0.478 e. The van der Waals surface area contributed by atoms with Crippen LogP contribution in [0.15, 0.2) is 18.2 Å². The fourth-order valence-corrected chi connectivity index (χ4v) is 2.21. The molecular formula is C11H8INO5. The quantitative estimate of drug-likeness (QED) is 0.595. The number of aliphatic hydroxyl groups excluding tert-OH is 1. The normalized spacial score (nSPS) is 19.4. The van der Waals surface area contributed by atoms with E-state index >= 15 is 0 Å². The van der Waals surface area contributed by atoms with Gasteiger partial charge in [0.2, 0.25) is 5.91 Å². The molecule has 0 bridgehead atoms. The van der Waals surface area contributed by atoms with Crippen molar-refractivity contribution < 1.29 is 24.6 Å². The Hall–Kier alpha value is -1.48. The molecule has 1 aromatic rings. The van der Waals surface area contributed by atoms with Crippen LogP contribution in [0, 0.1) is 3.57 Å². The molecule has 1 heterocycles. The number of hydrogen-bond acceptors (Lipinski definition) is 4. The second-order valence-electron chi connectivity index (χ2n) is 3.75. The van der Waals surface area contributed by atoms with Crippen molar-refractivity contribution in [3.63, 3.8) is 0 Å². The second kappa shape index (κ2) is 4.65. The lowest BCUT2D eigenvalue weighted by atomic mass is 10.1. The van der Waals surface area contributed by atoms with Crippen LogP contribution in [0.3, 0.4) is 0 Å². The number of carboxylic acid groups (broad SMARTS) is 1. The standard InChI is InChI=1S/C11H8INO5/c12-5-1-2-6(11(17)18)7(3-5)13-9(15)4-8(14)10(13)16/h1-3,8,14H,4H2,(H,17,18). The number of aliphatic hydroxyl groups is 1. The molecule has 1 fully saturated rings. The van der Waals surface area contributed by atoms with Gasteiger partial charge in [0.25, 0.3) is 5.91 Å². The molecular weight excluding hydrogens is 353 g/mol. The Kier molecular flexibility index (Phi) is 3.35. The fourth-order valence-electron chi connectivity index (χ4n) is 1.74. The number of benzene rings is 1. The average molecular weight is 361 g/mol. The monoisotopic (exact) mass is 361 g/mol. The topological polar surface area (TPSA) is 94.9 Å². The predicted molar refractivity (Wildman–Crippen MR) is 69.2 cm³/mol. The van der Waals surface area contributed by atoms with Crippen LogP contribution in [0.4, 0.5) is 5.69 Å². The Morgan fingerprint density at radius 1 is 1.39 bits per heavy atom. The zero-order valence-electron chi connectivity index (χ0n) is 8.96. The molecule has 1 aliphatic heterocycles. The van der Waals surface area contributed by atoms with E-state index in [0.29, 0.717) is 3.57 Å². The summed E-state index contributed by atoms with van der Waals surface area (Å²) in [6.45, 7) is 0. The van der Waals surface area contributed by atoms with Gasteiger partial charge >= 0.3 is 5.97 Å². The number of anilines is 1. The van der Waals surface area contributed by atoms with Crippen LogP contribution in [-0.4, -0.2) is 34.1 Å². The number of carbonyl (C=O) groups is 3. The van der Waals surface area contributed by atoms with Gasteiger partial charge in [-0.15, -0.1) is 0 Å². The summed E-state index contributed by atoms with van der Waals surface area (Å²) in [6.07, 6.45) is -1.71. The summed E-state index contributed by atoms with van der Waals surface area (Å²) in [5, 5.41) is 18.4. The van der Waals surface area contributed by atoms with Gasteiger partial charge < -0.3 is 10.2 Å². The molecule has 1 aliphatic rings. The van der Waals surface area contributed by atoms with E-state index in [9.17, 15) is 19.5 Å². The number of carboxylic acids is 1. The maximum atomic E-state index is 11.7. The lowest BCUT2D eigenvalue weighted by molar-refractivity contribution is -0.124. The SMILES string of the molecule is O=C(O)c1ccc(I)cc1N1C(=O)CC(O)C1=O. The molecule has 2 rings (SSSR count). The number of carbonyl (C=O) groups excluding carboxylic acids is 2. The summed E-state index contributed by atoms with van der Waals surface area (Å²) in [4.78, 5) is 35.1. The summed E-state index contributed by atoms with van der Waals surface area (Å²) < 4.78 is 0.689. The van der Waals surface area contributed by atoms with Crippen molar-refractivity contribution in [1.82, 2.24) is 0 Å². The first-order chi connectivity index (χ1) is 8.41. The smallest absolute Gasteiger partial charge is 0.337 e. The first-order valence-corrected chi connectivity index (χ1v) is 6.07. The van der Waals surface area contributed by atoms with Gasteiger partial charge in [-0.3, -0.25) is 9.59 Å². The van der Waals surface area contributed by atoms with Crippen molar-refractivity contribution >= 4 is 46.1 Å². The summed E-state index contributed by atoms with van der Waals surface area (Å²) in [6, 6.07) is 4.32. The zero-order valence-corrected chi connectivity index (χ0v) is 11.1. The summed E-state index contributed by atoms with van der Waals surface area (Å²) in [5.41, 5.74) is -0.146. The molecule has 0 aliphatic carbocycles. The van der Waals surface area contributed by atoms with E-state index in [-0.39, 0.29) is 17.7 Å². The summed E-state index contributed by atoms with van der Waals surface area (Å²) in [7, 11) is 0. The summed E-state index contributed by atoms with van der Waals surface area (Å²) in [5.74, 6) is -2.62. The molecule has 0 aromatic heterocycles. The number of rotatable bonds is 2. The Morgan fingerprint density at radius 2 is 2.06 bits per heavy atom. The van der Waals surface area contributed by atoms with Crippen molar-refractivity contribution in [2.24, 2.45) is 0 Å². The predicted octanol–water partition coefficient (Wildman–Crippen LogP) is 0.614. The molecule has 2 amide bonds. The van der Waals surface area contributed by atoms with E-state index in [1.54, 1.807) is 6.07 Å². The third kappa shape index (κ3) is 2.10. The van der Waals surface area contributed by atoms with Gasteiger partial charge in [-0.25, -0.2) is 9.69 Å². The van der Waals surface area contributed by atoms with E-state index in [1.807, 2.05) is 22.6 Å². The number of aromatic carboxylic acids is 1. The Morgan fingerprint density at radius 3 is 2.56 bits per heavy atom. The second-order valence-corrected chi connectivity index (χ2v) is 5.00. The number of nitrogens with zero attached hydrogens (tertiary/aromatic N) is 1. The average Bonchev–Trinajstić information content (AvgIpc) is 2.52. The molecule has 7 heteroatoms. The molecule has 6 nitrogen and oxygen atoms in total. The third-order valence-corrected chi connectivity index (χ3v) is 3.22. The number of imide groups is 1. The van der Waals surface area contributed by atoms with Crippen molar-refractivity contribution in [2.45, 2.75) is 12.5 Å². The van der Waals surface area contributed by atoms with Crippen LogP contribution < -0.4 is 4.90 Å². The molecule has 0 saturated carbocycles. The molecule has 1 aromatic carbocycles. The van der Waals surface area contributed by atoms with Crippen molar-refractivity contribution in [3.8, 4) is 0 Å². The van der Waals surface area contributed by atoms with E-state index in [1.165, 1.54) is 12.1 Å². The van der Waals surface area contributed by atoms with Gasteiger partial charge in [0.05, 0.1) is 17.7 Å². The number of halogens is 1. The van der Waals surface area contributed by atoms with Gasteiger partial charge in [0, 0.05) is 3.57 Å². The van der Waals surface area contributed by atoms with Crippen LogP contribution in [0.5, 0.6) is 0 Å². The van der Waals surface area contributed by atoms with E-state index in [2.05, 4.69) is 0 Å². The molecule has 94 valence electrons. The fraction of sp³-hybridized carbons (Fsp3) is 0.182. The van der Waals surface area contributed by atoms with Crippen molar-refractivity contribution in [1.29, 1.82) is 0 Å². The molecule has 1 atom stereocenters. The minimum absolute atomic E-state index is 0.000880. The van der Waals surface area contributed by atoms with Crippen LogP contribution in [0.2, 0.25) is 0 Å². The Bertz CT molecular complexity index is 556. The highest BCUT2D eigenvalue weighted by Crippen LogP contribution is 2.28. The van der Waals surface area contributed by atoms with Gasteiger partial charge in [-0.2, -0.15) is 0 Å². The van der Waals surface area contributed by atoms with Crippen LogP contribution in [-0.2, 0) is 9.59 Å². The van der Waals surface area contributed by atoms with E-state index < -0.39 is 23.9 Å². The van der Waals surface area contributed by atoms with Gasteiger partial charge in [-0.1, -0.05) is 0 Å². The third-order valence-electron chi connectivity index (χ3n) is 2.55. The lowest BCUT2D eigenvalue weighted by Gasteiger charge is -2.16. The molecule has 1 saturated heterocycles. The maximum absolute atomic E-state index is 11.7. The highest BCUT2D eigenvalue weighted by atomic mass is 127. The molecule has 18 heavy (non-hydrogen) atoms. The number of amides is 2. The maximum Gasteiger partial charge on any atom is 0.337 e. The minimum atomic E-state index is -1.39. The van der Waals surface area contributed by atoms with Gasteiger partial charge in [-0.05, 0) is 40.8 Å². The molecule has 0 spiro atoms. The van der Waals surface area contributed by atoms with Crippen LogP contribution in [0.25, 0.3) is 0 Å². The van der Waals surface area contributed by atoms with Crippen LogP contribution >= 0.6 is 22.6 Å².